The Labute approximate surface area is 193 Å². The normalized spacial score (nSPS) is 28.9. The van der Waals surface area contributed by atoms with E-state index >= 15 is 0 Å². The van der Waals surface area contributed by atoms with Gasteiger partial charge in [0.05, 0.1) is 12.4 Å². The molecule has 1 saturated carbocycles. The first kappa shape index (κ1) is 24.5. The van der Waals surface area contributed by atoms with Crippen LogP contribution in [0.2, 0.25) is 0 Å². The summed E-state index contributed by atoms with van der Waals surface area (Å²) in [5.41, 5.74) is 2.46. The van der Waals surface area contributed by atoms with E-state index in [0.29, 0.717) is 12.3 Å². The fraction of sp³-hybridized carbons (Fsp3) is 0.667. The maximum absolute atomic E-state index is 12.9. The van der Waals surface area contributed by atoms with Crippen LogP contribution in [-0.4, -0.2) is 28.2 Å². The predicted molar refractivity (Wildman–Crippen MR) is 129 cm³/mol. The van der Waals surface area contributed by atoms with E-state index in [-0.39, 0.29) is 16.7 Å². The van der Waals surface area contributed by atoms with Crippen LogP contribution >= 0.6 is 0 Å². The van der Waals surface area contributed by atoms with E-state index in [1.807, 2.05) is 13.8 Å². The summed E-state index contributed by atoms with van der Waals surface area (Å²) in [6.07, 6.45) is 18.2. The minimum atomic E-state index is -0.537. The molecule has 2 aliphatic carbocycles. The number of rotatable bonds is 10. The lowest BCUT2D eigenvalue weighted by Gasteiger charge is -2.47. The smallest absolute Gasteiger partial charge is 0.226 e. The molecule has 1 unspecified atom stereocenters. The number of allylic oxidation sites excluding steroid dienone is 3. The lowest BCUT2D eigenvalue weighted by molar-refractivity contribution is -0.131. The second kappa shape index (κ2) is 9.76. The van der Waals surface area contributed by atoms with Gasteiger partial charge in [-0.15, -0.1) is 6.58 Å². The molecule has 3 rings (SSSR count). The molecule has 5 nitrogen and oxygen atoms in total. The largest absolute Gasteiger partial charge is 0.348 e. The van der Waals surface area contributed by atoms with Crippen LogP contribution in [0, 0.1) is 22.2 Å². The summed E-state index contributed by atoms with van der Waals surface area (Å²) in [6.45, 7) is 12.8. The lowest BCUT2D eigenvalue weighted by atomic mass is 9.58. The lowest BCUT2D eigenvalue weighted by Crippen LogP contribution is -2.45. The van der Waals surface area contributed by atoms with Gasteiger partial charge in [-0.25, -0.2) is 4.98 Å². The van der Waals surface area contributed by atoms with E-state index in [4.69, 9.17) is 0 Å². The number of nitrogens with one attached hydrogen (secondary N) is 2. The third kappa shape index (κ3) is 5.60. The first-order chi connectivity index (χ1) is 15.1. The van der Waals surface area contributed by atoms with Crippen molar-refractivity contribution in [1.82, 2.24) is 15.3 Å². The second-order valence-electron chi connectivity index (χ2n) is 11.3. The van der Waals surface area contributed by atoms with Crippen molar-refractivity contribution in [3.63, 3.8) is 0 Å². The number of nitrogens with zero attached hydrogens (tertiary/aromatic N) is 1. The van der Waals surface area contributed by atoms with Crippen molar-refractivity contribution in [2.24, 2.45) is 22.2 Å². The van der Waals surface area contributed by atoms with Gasteiger partial charge in [0, 0.05) is 23.7 Å². The van der Waals surface area contributed by atoms with Crippen LogP contribution in [0.15, 0.2) is 36.8 Å². The molecule has 2 N–H and O–H groups in total. The van der Waals surface area contributed by atoms with E-state index in [1.54, 1.807) is 18.1 Å². The van der Waals surface area contributed by atoms with Crippen LogP contribution in [0.4, 0.5) is 0 Å². The minimum Gasteiger partial charge on any atom is -0.348 e. The molecular weight excluding hydrogens is 398 g/mol. The van der Waals surface area contributed by atoms with Crippen molar-refractivity contribution >= 4 is 12.2 Å². The van der Waals surface area contributed by atoms with Crippen LogP contribution in [0.1, 0.15) is 84.8 Å². The number of carbonyl (C=O) groups excluding carboxylic acids is 2. The summed E-state index contributed by atoms with van der Waals surface area (Å²) in [5, 5.41) is 2.93. The summed E-state index contributed by atoms with van der Waals surface area (Å²) >= 11 is 0. The summed E-state index contributed by atoms with van der Waals surface area (Å²) in [5.74, 6) is 0.622. The summed E-state index contributed by atoms with van der Waals surface area (Å²) in [4.78, 5) is 31.4. The van der Waals surface area contributed by atoms with Gasteiger partial charge in [-0.3, -0.25) is 4.79 Å². The molecule has 1 heterocycles. The van der Waals surface area contributed by atoms with Gasteiger partial charge < -0.3 is 15.1 Å². The van der Waals surface area contributed by atoms with Crippen molar-refractivity contribution in [2.75, 3.05) is 0 Å². The van der Waals surface area contributed by atoms with Crippen LogP contribution in [0.3, 0.4) is 0 Å². The van der Waals surface area contributed by atoms with E-state index in [1.165, 1.54) is 25.7 Å². The standard InChI is InChI=1S/C27H41N3O2/c1-6-26(4)14-10-23-20(16-26)9-7-12-27(23,5)13-8-11-25(2,3)24(32)30-22(18-31)15-21-17-28-19-29-21/h6,10,17-20,22H,1,7-9,11-16H2,2-5H3,(H,28,29)(H,30,32)/t20?,22-,26-,27-/m0/s1. The molecule has 5 heteroatoms. The highest BCUT2D eigenvalue weighted by Gasteiger charge is 2.42. The number of carbonyl (C=O) groups is 2. The zero-order valence-corrected chi connectivity index (χ0v) is 20.4. The summed E-state index contributed by atoms with van der Waals surface area (Å²) < 4.78 is 0. The van der Waals surface area contributed by atoms with Gasteiger partial charge in [0.2, 0.25) is 5.91 Å². The number of aromatic amines is 1. The fourth-order valence-corrected chi connectivity index (χ4v) is 5.75. The Bertz CT molecular complexity index is 841. The number of hydrogen-bond acceptors (Lipinski definition) is 3. The van der Waals surface area contributed by atoms with Crippen molar-refractivity contribution in [3.8, 4) is 0 Å². The number of hydrogen-bond donors (Lipinski definition) is 2. The van der Waals surface area contributed by atoms with Crippen molar-refractivity contribution in [3.05, 3.63) is 42.5 Å². The summed E-state index contributed by atoms with van der Waals surface area (Å²) in [7, 11) is 0. The topological polar surface area (TPSA) is 74.8 Å². The molecule has 1 fully saturated rings. The molecule has 4 atom stereocenters. The maximum atomic E-state index is 12.9. The SMILES string of the molecule is C=C[C@@]1(C)CC=C2C(CCC[C@@]2(C)CCCC(C)(C)C(=O)N[C@H](C=O)Cc2cnc[nH]2)C1. The zero-order chi connectivity index (χ0) is 23.4. The van der Waals surface area contributed by atoms with Crippen LogP contribution < -0.4 is 5.32 Å². The third-order valence-electron chi connectivity index (χ3n) is 8.03. The van der Waals surface area contributed by atoms with Crippen molar-refractivity contribution in [2.45, 2.75) is 91.5 Å². The third-order valence-corrected chi connectivity index (χ3v) is 8.03. The molecule has 176 valence electrons. The number of amides is 1. The quantitative estimate of drug-likeness (QED) is 0.371. The molecule has 0 aromatic carbocycles. The molecule has 1 amide bonds. The number of fused-ring (bicyclic) bond motifs is 1. The molecule has 1 aromatic rings. The van der Waals surface area contributed by atoms with E-state index < -0.39 is 11.5 Å². The molecular formula is C27H41N3O2. The first-order valence-corrected chi connectivity index (χ1v) is 12.2. The summed E-state index contributed by atoms with van der Waals surface area (Å²) in [6, 6.07) is -0.537. The van der Waals surface area contributed by atoms with Crippen LogP contribution in [0.25, 0.3) is 0 Å². The Morgan fingerprint density at radius 2 is 2.22 bits per heavy atom. The molecule has 0 aliphatic heterocycles. The number of H-pyrrole nitrogens is 1. The molecule has 1 aromatic heterocycles. The molecule has 0 spiro atoms. The van der Waals surface area contributed by atoms with E-state index in [2.05, 4.69) is 47.9 Å². The van der Waals surface area contributed by atoms with Crippen LogP contribution in [-0.2, 0) is 16.0 Å². The Morgan fingerprint density at radius 1 is 1.44 bits per heavy atom. The van der Waals surface area contributed by atoms with Gasteiger partial charge in [-0.2, -0.15) is 0 Å². The highest BCUT2D eigenvalue weighted by atomic mass is 16.2. The van der Waals surface area contributed by atoms with Gasteiger partial charge in [-0.1, -0.05) is 58.3 Å². The number of imidazole rings is 1. The molecule has 32 heavy (non-hydrogen) atoms. The fourth-order valence-electron chi connectivity index (χ4n) is 5.75. The van der Waals surface area contributed by atoms with Gasteiger partial charge in [0.15, 0.2) is 0 Å². The van der Waals surface area contributed by atoms with Crippen molar-refractivity contribution in [1.29, 1.82) is 0 Å². The maximum Gasteiger partial charge on any atom is 0.226 e. The number of aromatic nitrogens is 2. The zero-order valence-electron chi connectivity index (χ0n) is 20.4. The second-order valence-corrected chi connectivity index (χ2v) is 11.3. The highest BCUT2D eigenvalue weighted by molar-refractivity contribution is 5.84. The molecule has 0 saturated heterocycles. The Balaban J connectivity index is 1.56. The van der Waals surface area contributed by atoms with Crippen LogP contribution in [0.5, 0.6) is 0 Å². The Morgan fingerprint density at radius 3 is 2.88 bits per heavy atom. The van der Waals surface area contributed by atoms with Gasteiger partial charge >= 0.3 is 0 Å². The number of aldehydes is 1. The van der Waals surface area contributed by atoms with E-state index in [9.17, 15) is 9.59 Å². The van der Waals surface area contributed by atoms with E-state index in [0.717, 1.165) is 37.7 Å². The highest BCUT2D eigenvalue weighted by Crippen LogP contribution is 2.54. The predicted octanol–water partition coefficient (Wildman–Crippen LogP) is 5.55. The van der Waals surface area contributed by atoms with Gasteiger partial charge in [0.25, 0.3) is 0 Å². The average molecular weight is 440 g/mol. The molecule has 0 bridgehead atoms. The average Bonchev–Trinajstić information content (AvgIpc) is 3.26. The van der Waals surface area contributed by atoms with Crippen molar-refractivity contribution < 1.29 is 9.59 Å². The monoisotopic (exact) mass is 439 g/mol. The molecule has 2 aliphatic rings. The Kier molecular flexibility index (Phi) is 7.46. The molecule has 0 radical (unpaired) electrons. The minimum absolute atomic E-state index is 0.0561. The Hall–Kier alpha value is -2.17. The van der Waals surface area contributed by atoms with Gasteiger partial charge in [0.1, 0.15) is 6.29 Å². The first-order valence-electron chi connectivity index (χ1n) is 12.2. The van der Waals surface area contributed by atoms with Gasteiger partial charge in [-0.05, 0) is 55.3 Å².